The smallest absolute Gasteiger partial charge is 0.242 e. The van der Waals surface area contributed by atoms with Crippen molar-refractivity contribution in [2.45, 2.75) is 31.7 Å². The van der Waals surface area contributed by atoms with Gasteiger partial charge in [0.2, 0.25) is 17.7 Å². The topological polar surface area (TPSA) is 81.8 Å². The summed E-state index contributed by atoms with van der Waals surface area (Å²) in [7, 11) is 0. The lowest BCUT2D eigenvalue weighted by molar-refractivity contribution is -0.139. The van der Waals surface area contributed by atoms with E-state index < -0.39 is 0 Å². The first-order valence-corrected chi connectivity index (χ1v) is 9.93. The zero-order valence-electron chi connectivity index (χ0n) is 14.4. The van der Waals surface area contributed by atoms with Crippen LogP contribution < -0.4 is 10.6 Å². The highest BCUT2D eigenvalue weighted by Gasteiger charge is 2.29. The standard InChI is InChI=1S/C16H26N4O3S.ClH/c21-14(9-20-11-24-10-15(20)22)19-6-2-3-12(8-19)7-18-16(23)13-4-1-5-17-13;/h12-13,17H,1-11H2,(H,18,23);1H. The Balaban J connectivity index is 0.00000225. The maximum absolute atomic E-state index is 12.4. The van der Waals surface area contributed by atoms with E-state index in [1.54, 1.807) is 16.7 Å². The second-order valence-electron chi connectivity index (χ2n) is 6.81. The number of thioether (sulfide) groups is 1. The number of amides is 3. The maximum Gasteiger partial charge on any atom is 0.242 e. The molecule has 3 aliphatic rings. The van der Waals surface area contributed by atoms with Crippen LogP contribution in [0.5, 0.6) is 0 Å². The van der Waals surface area contributed by atoms with Crippen molar-refractivity contribution in [2.75, 3.05) is 44.4 Å². The van der Waals surface area contributed by atoms with E-state index in [9.17, 15) is 14.4 Å². The van der Waals surface area contributed by atoms with E-state index in [1.165, 1.54) is 0 Å². The number of hydrogen-bond donors (Lipinski definition) is 2. The first-order chi connectivity index (χ1) is 11.6. The summed E-state index contributed by atoms with van der Waals surface area (Å²) >= 11 is 1.56. The zero-order valence-corrected chi connectivity index (χ0v) is 16.0. The molecule has 0 radical (unpaired) electrons. The van der Waals surface area contributed by atoms with Crippen molar-refractivity contribution in [3.05, 3.63) is 0 Å². The SMILES string of the molecule is Cl.O=C(NCC1CCCN(C(=O)CN2CSCC2=O)C1)C1CCCN1. The van der Waals surface area contributed by atoms with E-state index in [0.29, 0.717) is 30.6 Å². The van der Waals surface area contributed by atoms with E-state index in [0.717, 1.165) is 38.8 Å². The van der Waals surface area contributed by atoms with Crippen LogP contribution in [0.4, 0.5) is 0 Å². The summed E-state index contributed by atoms with van der Waals surface area (Å²) in [6, 6.07) is -0.0509. The molecule has 2 atom stereocenters. The molecular formula is C16H27ClN4O3S. The van der Waals surface area contributed by atoms with Gasteiger partial charge >= 0.3 is 0 Å². The molecule has 0 aromatic rings. The Morgan fingerprint density at radius 1 is 1.28 bits per heavy atom. The number of hydrogen-bond acceptors (Lipinski definition) is 5. The summed E-state index contributed by atoms with van der Waals surface area (Å²) in [5.74, 6) is 1.56. The molecule has 0 bridgehead atoms. The van der Waals surface area contributed by atoms with Gasteiger partial charge in [-0.25, -0.2) is 0 Å². The Kier molecular flexibility index (Phi) is 7.83. The van der Waals surface area contributed by atoms with Crippen LogP contribution in [0.3, 0.4) is 0 Å². The fourth-order valence-corrected chi connectivity index (χ4v) is 4.44. The number of likely N-dealkylation sites (tertiary alicyclic amines) is 1. The lowest BCUT2D eigenvalue weighted by Crippen LogP contribution is -2.48. The fourth-order valence-electron chi connectivity index (χ4n) is 3.54. The van der Waals surface area contributed by atoms with Gasteiger partial charge in [0.1, 0.15) is 6.54 Å². The van der Waals surface area contributed by atoms with Gasteiger partial charge in [0.05, 0.1) is 17.7 Å². The minimum absolute atomic E-state index is 0. The molecule has 7 nitrogen and oxygen atoms in total. The average molecular weight is 391 g/mol. The Labute approximate surface area is 159 Å². The molecule has 9 heteroatoms. The molecule has 142 valence electrons. The molecular weight excluding hydrogens is 364 g/mol. The summed E-state index contributed by atoms with van der Waals surface area (Å²) in [5, 5.41) is 6.23. The molecule has 2 unspecified atom stereocenters. The number of piperidine rings is 1. The van der Waals surface area contributed by atoms with Crippen molar-refractivity contribution >= 4 is 41.9 Å². The molecule has 0 aliphatic carbocycles. The van der Waals surface area contributed by atoms with Crippen LogP contribution in [0.15, 0.2) is 0 Å². The average Bonchev–Trinajstić information content (AvgIpc) is 3.25. The molecule has 0 aromatic heterocycles. The molecule has 2 N–H and O–H groups in total. The third kappa shape index (κ3) is 5.49. The molecule has 3 rings (SSSR count). The normalized spacial score (nSPS) is 26.5. The molecule has 0 saturated carbocycles. The Morgan fingerprint density at radius 3 is 2.80 bits per heavy atom. The van der Waals surface area contributed by atoms with E-state index in [-0.39, 0.29) is 42.7 Å². The maximum atomic E-state index is 12.4. The van der Waals surface area contributed by atoms with Crippen molar-refractivity contribution < 1.29 is 14.4 Å². The molecule has 3 saturated heterocycles. The second-order valence-corrected chi connectivity index (χ2v) is 7.77. The van der Waals surface area contributed by atoms with Gasteiger partial charge in [-0.05, 0) is 38.1 Å². The number of rotatable bonds is 5. The van der Waals surface area contributed by atoms with Gasteiger partial charge in [-0.15, -0.1) is 24.2 Å². The van der Waals surface area contributed by atoms with E-state index >= 15 is 0 Å². The molecule has 3 fully saturated rings. The summed E-state index contributed by atoms with van der Waals surface area (Å²) in [4.78, 5) is 39.6. The highest BCUT2D eigenvalue weighted by molar-refractivity contribution is 8.00. The first kappa shape index (κ1) is 20.3. The van der Waals surface area contributed by atoms with Crippen molar-refractivity contribution in [1.29, 1.82) is 0 Å². The highest BCUT2D eigenvalue weighted by atomic mass is 35.5. The van der Waals surface area contributed by atoms with Gasteiger partial charge < -0.3 is 20.4 Å². The van der Waals surface area contributed by atoms with Crippen molar-refractivity contribution in [3.8, 4) is 0 Å². The van der Waals surface area contributed by atoms with Crippen molar-refractivity contribution in [3.63, 3.8) is 0 Å². The predicted octanol–water partition coefficient (Wildman–Crippen LogP) is 0.0479. The van der Waals surface area contributed by atoms with Crippen LogP contribution in [-0.4, -0.2) is 77.9 Å². The van der Waals surface area contributed by atoms with Gasteiger partial charge in [0.25, 0.3) is 0 Å². The minimum Gasteiger partial charge on any atom is -0.354 e. The summed E-state index contributed by atoms with van der Waals surface area (Å²) in [5.41, 5.74) is 0. The molecule has 0 aromatic carbocycles. The highest BCUT2D eigenvalue weighted by Crippen LogP contribution is 2.18. The third-order valence-corrected chi connectivity index (χ3v) is 5.91. The molecule has 0 spiro atoms. The summed E-state index contributed by atoms with van der Waals surface area (Å²) < 4.78 is 0. The van der Waals surface area contributed by atoms with Gasteiger partial charge in [-0.1, -0.05) is 0 Å². The minimum atomic E-state index is -0.0509. The zero-order chi connectivity index (χ0) is 16.9. The second kappa shape index (κ2) is 9.64. The van der Waals surface area contributed by atoms with Crippen LogP contribution in [-0.2, 0) is 14.4 Å². The number of carbonyl (C=O) groups is 3. The van der Waals surface area contributed by atoms with Gasteiger partial charge in [-0.2, -0.15) is 0 Å². The molecule has 3 heterocycles. The molecule has 3 amide bonds. The van der Waals surface area contributed by atoms with Crippen LogP contribution >= 0.6 is 24.2 Å². The van der Waals surface area contributed by atoms with Gasteiger partial charge in [0, 0.05) is 19.6 Å². The number of carbonyl (C=O) groups excluding carboxylic acids is 3. The largest absolute Gasteiger partial charge is 0.354 e. The van der Waals surface area contributed by atoms with Gasteiger partial charge in [0.15, 0.2) is 0 Å². The van der Waals surface area contributed by atoms with Crippen molar-refractivity contribution in [2.24, 2.45) is 5.92 Å². The Hall–Kier alpha value is -0.990. The van der Waals surface area contributed by atoms with Crippen LogP contribution in [0.25, 0.3) is 0 Å². The quantitative estimate of drug-likeness (QED) is 0.693. The monoisotopic (exact) mass is 390 g/mol. The number of halogens is 1. The lowest BCUT2D eigenvalue weighted by Gasteiger charge is -2.34. The third-order valence-electron chi connectivity index (χ3n) is 4.96. The van der Waals surface area contributed by atoms with Crippen LogP contribution in [0.1, 0.15) is 25.7 Å². The first-order valence-electron chi connectivity index (χ1n) is 8.78. The van der Waals surface area contributed by atoms with E-state index in [2.05, 4.69) is 10.6 Å². The van der Waals surface area contributed by atoms with E-state index in [4.69, 9.17) is 0 Å². The number of nitrogens with zero attached hydrogens (tertiary/aromatic N) is 2. The lowest BCUT2D eigenvalue weighted by atomic mass is 9.97. The fraction of sp³-hybridized carbons (Fsp3) is 0.812. The van der Waals surface area contributed by atoms with Gasteiger partial charge in [-0.3, -0.25) is 14.4 Å². The summed E-state index contributed by atoms with van der Waals surface area (Å²) in [6.07, 6.45) is 3.94. The van der Waals surface area contributed by atoms with Crippen molar-refractivity contribution in [1.82, 2.24) is 20.4 Å². The number of nitrogens with one attached hydrogen (secondary N) is 2. The van der Waals surface area contributed by atoms with E-state index in [1.807, 2.05) is 4.90 Å². The van der Waals surface area contributed by atoms with Crippen LogP contribution in [0, 0.1) is 5.92 Å². The molecule has 25 heavy (non-hydrogen) atoms. The summed E-state index contributed by atoms with van der Waals surface area (Å²) in [6.45, 7) is 3.16. The molecule has 3 aliphatic heterocycles. The Bertz CT molecular complexity index is 502. The van der Waals surface area contributed by atoms with Crippen LogP contribution in [0.2, 0.25) is 0 Å². The predicted molar refractivity (Wildman–Crippen MR) is 99.6 cm³/mol. The Morgan fingerprint density at radius 2 is 2.12 bits per heavy atom.